The molecule has 2 aromatic carbocycles. The highest BCUT2D eigenvalue weighted by molar-refractivity contribution is 5.90. The summed E-state index contributed by atoms with van der Waals surface area (Å²) in [6.45, 7) is 5.52. The highest BCUT2D eigenvalue weighted by atomic mass is 35.5. The molecule has 0 radical (unpaired) electrons. The standard InChI is InChI=1S/C22H34N4O.4ClH/c23-12-6-15-24-13-3-4-14-25-16-7-17-26-22(27)18-20-10-5-9-19-8-1-2-11-21(19)20;;;;/h1-2,5,8-11,24-25H,3-4,6-7,12-18,23H2,(H,26,27);4*1H. The Balaban J connectivity index is -0.00000196. The van der Waals surface area contributed by atoms with E-state index < -0.39 is 0 Å². The summed E-state index contributed by atoms with van der Waals surface area (Å²) in [5.41, 5.74) is 6.54. The average Bonchev–Trinajstić information content (AvgIpc) is 2.69. The number of unbranched alkanes of at least 4 members (excludes halogenated alkanes) is 1. The summed E-state index contributed by atoms with van der Waals surface area (Å²) in [6.07, 6.45) is 4.79. The van der Waals surface area contributed by atoms with Crippen LogP contribution in [0.2, 0.25) is 0 Å². The molecule has 2 aromatic rings. The molecule has 1 amide bonds. The number of hydrogen-bond acceptors (Lipinski definition) is 4. The van der Waals surface area contributed by atoms with Crippen LogP contribution in [-0.2, 0) is 11.2 Å². The van der Waals surface area contributed by atoms with Gasteiger partial charge in [-0.3, -0.25) is 4.79 Å². The van der Waals surface area contributed by atoms with Gasteiger partial charge in [-0.2, -0.15) is 0 Å². The lowest BCUT2D eigenvalue weighted by atomic mass is 10.0. The van der Waals surface area contributed by atoms with Crippen molar-refractivity contribution in [3.8, 4) is 0 Å². The van der Waals surface area contributed by atoms with E-state index in [9.17, 15) is 4.79 Å². The average molecular weight is 516 g/mol. The third-order valence-corrected chi connectivity index (χ3v) is 4.60. The fraction of sp³-hybridized carbons (Fsp3) is 0.500. The van der Waals surface area contributed by atoms with Gasteiger partial charge in [-0.05, 0) is 74.7 Å². The first-order valence-corrected chi connectivity index (χ1v) is 10.2. The Kier molecular flexibility index (Phi) is 25.2. The third-order valence-electron chi connectivity index (χ3n) is 4.60. The maximum Gasteiger partial charge on any atom is 0.224 e. The molecule has 0 aliphatic heterocycles. The van der Waals surface area contributed by atoms with Crippen LogP contribution < -0.4 is 21.7 Å². The third kappa shape index (κ3) is 14.8. The number of nitrogens with two attached hydrogens (primary N) is 1. The number of hydrogen-bond donors (Lipinski definition) is 4. The van der Waals surface area contributed by atoms with Crippen molar-refractivity contribution in [2.24, 2.45) is 5.73 Å². The Morgan fingerprint density at radius 3 is 1.97 bits per heavy atom. The molecule has 0 fully saturated rings. The predicted octanol–water partition coefficient (Wildman–Crippen LogP) is 3.88. The molecule has 5 N–H and O–H groups in total. The van der Waals surface area contributed by atoms with Crippen LogP contribution in [0, 0.1) is 0 Å². The summed E-state index contributed by atoms with van der Waals surface area (Å²) in [6, 6.07) is 14.3. The molecular formula is C22H38Cl4N4O. The van der Waals surface area contributed by atoms with Gasteiger partial charge in [-0.1, -0.05) is 42.5 Å². The van der Waals surface area contributed by atoms with E-state index in [1.807, 2.05) is 24.3 Å². The van der Waals surface area contributed by atoms with Crippen LogP contribution in [0.4, 0.5) is 0 Å². The minimum Gasteiger partial charge on any atom is -0.356 e. The van der Waals surface area contributed by atoms with Crippen LogP contribution in [0.25, 0.3) is 10.8 Å². The van der Waals surface area contributed by atoms with Gasteiger partial charge in [0.2, 0.25) is 5.91 Å². The van der Waals surface area contributed by atoms with Gasteiger partial charge in [0.25, 0.3) is 0 Å². The topological polar surface area (TPSA) is 79.2 Å². The first-order valence-electron chi connectivity index (χ1n) is 10.2. The van der Waals surface area contributed by atoms with Crippen molar-refractivity contribution in [3.63, 3.8) is 0 Å². The zero-order valence-electron chi connectivity index (χ0n) is 17.9. The Hall–Kier alpha value is -0.790. The summed E-state index contributed by atoms with van der Waals surface area (Å²) < 4.78 is 0. The Labute approximate surface area is 211 Å². The number of rotatable bonds is 14. The predicted molar refractivity (Wildman–Crippen MR) is 143 cm³/mol. The molecule has 0 atom stereocenters. The van der Waals surface area contributed by atoms with Crippen molar-refractivity contribution in [2.75, 3.05) is 39.3 Å². The van der Waals surface area contributed by atoms with Crippen molar-refractivity contribution < 1.29 is 4.79 Å². The molecule has 0 saturated carbocycles. The number of carbonyl (C=O) groups is 1. The van der Waals surface area contributed by atoms with Gasteiger partial charge in [-0.25, -0.2) is 0 Å². The van der Waals surface area contributed by atoms with Crippen LogP contribution in [0.15, 0.2) is 42.5 Å². The minimum absolute atomic E-state index is 0. The maximum absolute atomic E-state index is 12.2. The van der Waals surface area contributed by atoms with Gasteiger partial charge in [0.15, 0.2) is 0 Å². The summed E-state index contributed by atoms with van der Waals surface area (Å²) >= 11 is 0. The Bertz CT molecular complexity index is 686. The van der Waals surface area contributed by atoms with Gasteiger partial charge in [0, 0.05) is 6.54 Å². The van der Waals surface area contributed by atoms with Crippen LogP contribution >= 0.6 is 49.6 Å². The van der Waals surface area contributed by atoms with E-state index in [-0.39, 0.29) is 55.5 Å². The maximum atomic E-state index is 12.2. The van der Waals surface area contributed by atoms with Crippen LogP contribution in [-0.4, -0.2) is 45.2 Å². The van der Waals surface area contributed by atoms with Crippen molar-refractivity contribution in [3.05, 3.63) is 48.0 Å². The van der Waals surface area contributed by atoms with Gasteiger partial charge in [-0.15, -0.1) is 49.6 Å². The molecule has 0 aliphatic rings. The lowest BCUT2D eigenvalue weighted by Crippen LogP contribution is -2.29. The summed E-state index contributed by atoms with van der Waals surface area (Å²) in [5, 5.41) is 12.2. The van der Waals surface area contributed by atoms with E-state index >= 15 is 0 Å². The van der Waals surface area contributed by atoms with E-state index in [1.165, 1.54) is 18.2 Å². The van der Waals surface area contributed by atoms with Crippen LogP contribution in [0.5, 0.6) is 0 Å². The molecule has 0 heterocycles. The largest absolute Gasteiger partial charge is 0.356 e. The summed E-state index contributed by atoms with van der Waals surface area (Å²) in [5.74, 6) is 0.0925. The van der Waals surface area contributed by atoms with E-state index in [2.05, 4.69) is 34.1 Å². The number of benzene rings is 2. The van der Waals surface area contributed by atoms with Gasteiger partial charge >= 0.3 is 0 Å². The molecule has 9 heteroatoms. The highest BCUT2D eigenvalue weighted by Crippen LogP contribution is 2.18. The first kappa shape index (κ1) is 34.8. The SMILES string of the molecule is Cl.Cl.Cl.Cl.NCCCNCCCCNCCCNC(=O)Cc1cccc2ccccc12. The zero-order valence-corrected chi connectivity index (χ0v) is 21.2. The number of halogens is 4. The second-order valence-electron chi connectivity index (χ2n) is 6.87. The number of carbonyl (C=O) groups excluding carboxylic acids is 1. The Morgan fingerprint density at radius 2 is 1.29 bits per heavy atom. The normalized spacial score (nSPS) is 9.58. The zero-order chi connectivity index (χ0) is 19.2. The number of fused-ring (bicyclic) bond motifs is 1. The minimum atomic E-state index is 0. The van der Waals surface area contributed by atoms with E-state index in [0.717, 1.165) is 63.1 Å². The quantitative estimate of drug-likeness (QED) is 0.288. The fourth-order valence-electron chi connectivity index (χ4n) is 3.10. The summed E-state index contributed by atoms with van der Waals surface area (Å²) in [7, 11) is 0. The molecule has 180 valence electrons. The second-order valence-corrected chi connectivity index (χ2v) is 6.87. The molecule has 2 rings (SSSR count). The second kappa shape index (κ2) is 22.4. The van der Waals surface area contributed by atoms with E-state index in [1.54, 1.807) is 0 Å². The molecule has 0 aromatic heterocycles. The lowest BCUT2D eigenvalue weighted by Gasteiger charge is -2.09. The van der Waals surface area contributed by atoms with Crippen LogP contribution in [0.3, 0.4) is 0 Å². The molecule has 31 heavy (non-hydrogen) atoms. The monoisotopic (exact) mass is 514 g/mol. The Morgan fingerprint density at radius 1 is 0.710 bits per heavy atom. The number of amides is 1. The van der Waals surface area contributed by atoms with E-state index in [0.29, 0.717) is 6.42 Å². The highest BCUT2D eigenvalue weighted by Gasteiger charge is 2.06. The summed E-state index contributed by atoms with van der Waals surface area (Å²) in [4.78, 5) is 12.2. The molecule has 0 unspecified atom stereocenters. The van der Waals surface area contributed by atoms with Gasteiger partial charge in [0.05, 0.1) is 6.42 Å². The molecule has 0 bridgehead atoms. The molecule has 0 aliphatic carbocycles. The van der Waals surface area contributed by atoms with Crippen molar-refractivity contribution in [2.45, 2.75) is 32.1 Å². The van der Waals surface area contributed by atoms with E-state index in [4.69, 9.17) is 5.73 Å². The van der Waals surface area contributed by atoms with Crippen molar-refractivity contribution in [1.82, 2.24) is 16.0 Å². The molecular weight excluding hydrogens is 478 g/mol. The number of nitrogens with one attached hydrogen (secondary N) is 3. The smallest absolute Gasteiger partial charge is 0.224 e. The van der Waals surface area contributed by atoms with Gasteiger partial charge in [0.1, 0.15) is 0 Å². The van der Waals surface area contributed by atoms with Crippen molar-refractivity contribution in [1.29, 1.82) is 0 Å². The molecule has 5 nitrogen and oxygen atoms in total. The first-order chi connectivity index (χ1) is 13.3. The lowest BCUT2D eigenvalue weighted by molar-refractivity contribution is -0.120. The van der Waals surface area contributed by atoms with Crippen LogP contribution in [0.1, 0.15) is 31.2 Å². The van der Waals surface area contributed by atoms with Gasteiger partial charge < -0.3 is 21.7 Å². The fourth-order valence-corrected chi connectivity index (χ4v) is 3.10. The molecule has 0 saturated heterocycles. The molecule has 0 spiro atoms. The van der Waals surface area contributed by atoms with Crippen molar-refractivity contribution >= 4 is 66.3 Å².